The van der Waals surface area contributed by atoms with Crippen LogP contribution >= 0.6 is 11.6 Å². The van der Waals surface area contributed by atoms with Crippen LogP contribution in [-0.2, 0) is 6.54 Å². The molecule has 0 aliphatic carbocycles. The third-order valence-electron chi connectivity index (χ3n) is 2.47. The van der Waals surface area contributed by atoms with Crippen molar-refractivity contribution in [3.8, 4) is 5.75 Å². The Morgan fingerprint density at radius 2 is 2.11 bits per heavy atom. The molecule has 0 aliphatic heterocycles. The quantitative estimate of drug-likeness (QED) is 0.894. The predicted molar refractivity (Wildman–Crippen MR) is 69.4 cm³/mol. The Bertz CT molecular complexity index is 575. The van der Waals surface area contributed by atoms with E-state index in [1.165, 1.54) is 12.1 Å². The molecular formula is C13H12ClFN2O. The summed E-state index contributed by atoms with van der Waals surface area (Å²) in [7, 11) is 0. The lowest BCUT2D eigenvalue weighted by Crippen LogP contribution is -2.03. The maximum absolute atomic E-state index is 13.2. The van der Waals surface area contributed by atoms with Crippen LogP contribution in [0.3, 0.4) is 0 Å². The molecule has 0 saturated heterocycles. The van der Waals surface area contributed by atoms with E-state index in [1.807, 2.05) is 6.92 Å². The van der Waals surface area contributed by atoms with E-state index in [9.17, 15) is 9.50 Å². The van der Waals surface area contributed by atoms with Gasteiger partial charge >= 0.3 is 0 Å². The van der Waals surface area contributed by atoms with Gasteiger partial charge in [-0.1, -0.05) is 11.6 Å². The van der Waals surface area contributed by atoms with E-state index >= 15 is 0 Å². The molecule has 1 heterocycles. The third-order valence-corrected chi connectivity index (χ3v) is 2.78. The van der Waals surface area contributed by atoms with Gasteiger partial charge in [-0.15, -0.1) is 0 Å². The summed E-state index contributed by atoms with van der Waals surface area (Å²) in [6.07, 6.45) is 0. The Morgan fingerprint density at radius 1 is 1.33 bits per heavy atom. The second-order valence-electron chi connectivity index (χ2n) is 3.90. The number of aromatic nitrogens is 1. The van der Waals surface area contributed by atoms with Crippen molar-refractivity contribution in [3.05, 3.63) is 52.6 Å². The lowest BCUT2D eigenvalue weighted by molar-refractivity contribution is 0.464. The molecular weight excluding hydrogens is 255 g/mol. The van der Waals surface area contributed by atoms with Gasteiger partial charge in [-0.05, 0) is 37.3 Å². The van der Waals surface area contributed by atoms with Crippen LogP contribution < -0.4 is 5.32 Å². The number of halogens is 2. The highest BCUT2D eigenvalue weighted by molar-refractivity contribution is 6.30. The molecule has 94 valence electrons. The van der Waals surface area contributed by atoms with Crippen molar-refractivity contribution in [2.24, 2.45) is 0 Å². The van der Waals surface area contributed by atoms with Crippen LogP contribution in [0.1, 0.15) is 11.4 Å². The van der Waals surface area contributed by atoms with Gasteiger partial charge in [0.05, 0.1) is 11.6 Å². The summed E-state index contributed by atoms with van der Waals surface area (Å²) in [5.74, 6) is -0.370. The summed E-state index contributed by atoms with van der Waals surface area (Å²) in [5, 5.41) is 12.7. The van der Waals surface area contributed by atoms with Crippen LogP contribution in [0.25, 0.3) is 0 Å². The second-order valence-corrected chi connectivity index (χ2v) is 4.31. The second kappa shape index (κ2) is 5.23. The molecule has 0 aliphatic rings. The Labute approximate surface area is 109 Å². The highest BCUT2D eigenvalue weighted by Crippen LogP contribution is 2.20. The van der Waals surface area contributed by atoms with Crippen molar-refractivity contribution in [3.63, 3.8) is 0 Å². The summed E-state index contributed by atoms with van der Waals surface area (Å²) in [5.41, 5.74) is 1.91. The summed E-state index contributed by atoms with van der Waals surface area (Å²) in [6.45, 7) is 2.15. The zero-order chi connectivity index (χ0) is 13.1. The first kappa shape index (κ1) is 12.6. The van der Waals surface area contributed by atoms with Crippen molar-refractivity contribution in [1.82, 2.24) is 4.98 Å². The van der Waals surface area contributed by atoms with E-state index in [2.05, 4.69) is 10.3 Å². The number of aromatic hydroxyl groups is 1. The highest BCUT2D eigenvalue weighted by Gasteiger charge is 2.04. The SMILES string of the molecule is Cc1ccc(O)c(CNc2ccc(Cl)c(F)c2)n1. The number of hydrogen-bond donors (Lipinski definition) is 2. The van der Waals surface area contributed by atoms with E-state index in [4.69, 9.17) is 11.6 Å². The Hall–Kier alpha value is -1.81. The minimum Gasteiger partial charge on any atom is -0.506 e. The van der Waals surface area contributed by atoms with Crippen LogP contribution in [0.4, 0.5) is 10.1 Å². The van der Waals surface area contributed by atoms with Gasteiger partial charge < -0.3 is 10.4 Å². The number of hydrogen-bond acceptors (Lipinski definition) is 3. The molecule has 0 amide bonds. The lowest BCUT2D eigenvalue weighted by Gasteiger charge is -2.08. The van der Waals surface area contributed by atoms with Crippen LogP contribution in [0.5, 0.6) is 5.75 Å². The normalized spacial score (nSPS) is 10.4. The summed E-state index contributed by atoms with van der Waals surface area (Å²) < 4.78 is 13.2. The molecule has 0 fully saturated rings. The van der Waals surface area contributed by atoms with Crippen molar-refractivity contribution in [2.45, 2.75) is 13.5 Å². The first-order chi connectivity index (χ1) is 8.56. The van der Waals surface area contributed by atoms with E-state index in [1.54, 1.807) is 18.2 Å². The molecule has 0 radical (unpaired) electrons. The fourth-order valence-electron chi connectivity index (χ4n) is 1.53. The first-order valence-corrected chi connectivity index (χ1v) is 5.78. The van der Waals surface area contributed by atoms with Gasteiger partial charge in [0.25, 0.3) is 0 Å². The van der Waals surface area contributed by atoms with E-state index in [0.29, 0.717) is 17.9 Å². The topological polar surface area (TPSA) is 45.1 Å². The van der Waals surface area contributed by atoms with Crippen molar-refractivity contribution in [2.75, 3.05) is 5.32 Å². The maximum Gasteiger partial charge on any atom is 0.143 e. The van der Waals surface area contributed by atoms with E-state index < -0.39 is 5.82 Å². The molecule has 0 atom stereocenters. The summed E-state index contributed by atoms with van der Waals surface area (Å²) in [6, 6.07) is 7.75. The smallest absolute Gasteiger partial charge is 0.143 e. The van der Waals surface area contributed by atoms with Gasteiger partial charge in [-0.3, -0.25) is 4.98 Å². The summed E-state index contributed by atoms with van der Waals surface area (Å²) in [4.78, 5) is 4.20. The molecule has 18 heavy (non-hydrogen) atoms. The molecule has 2 N–H and O–H groups in total. The van der Waals surface area contributed by atoms with Gasteiger partial charge in [0, 0.05) is 11.4 Å². The van der Waals surface area contributed by atoms with E-state index in [0.717, 1.165) is 5.69 Å². The molecule has 2 rings (SSSR count). The largest absolute Gasteiger partial charge is 0.506 e. The molecule has 0 bridgehead atoms. The predicted octanol–water partition coefficient (Wildman–Crippen LogP) is 3.50. The monoisotopic (exact) mass is 266 g/mol. The average Bonchev–Trinajstić information content (AvgIpc) is 2.34. The van der Waals surface area contributed by atoms with Crippen molar-refractivity contribution in [1.29, 1.82) is 0 Å². The molecule has 0 saturated carbocycles. The number of benzene rings is 1. The molecule has 0 unspecified atom stereocenters. The Kier molecular flexibility index (Phi) is 3.67. The van der Waals surface area contributed by atoms with Crippen LogP contribution in [0.2, 0.25) is 5.02 Å². The third kappa shape index (κ3) is 2.90. The molecule has 1 aromatic heterocycles. The standard InChI is InChI=1S/C13H12ClFN2O/c1-8-2-5-13(18)12(17-8)7-16-9-3-4-10(14)11(15)6-9/h2-6,16,18H,7H2,1H3. The Morgan fingerprint density at radius 3 is 2.83 bits per heavy atom. The van der Waals surface area contributed by atoms with Crippen LogP contribution in [0, 0.1) is 12.7 Å². The average molecular weight is 267 g/mol. The van der Waals surface area contributed by atoms with Gasteiger partial charge in [-0.2, -0.15) is 0 Å². The van der Waals surface area contributed by atoms with Crippen LogP contribution in [0.15, 0.2) is 30.3 Å². The summed E-state index contributed by atoms with van der Waals surface area (Å²) >= 11 is 5.59. The minimum atomic E-state index is -0.483. The number of nitrogens with one attached hydrogen (secondary N) is 1. The number of pyridine rings is 1. The minimum absolute atomic E-state index is 0.0806. The Balaban J connectivity index is 2.11. The maximum atomic E-state index is 13.2. The zero-order valence-electron chi connectivity index (χ0n) is 9.74. The van der Waals surface area contributed by atoms with Gasteiger partial charge in [0.2, 0.25) is 0 Å². The number of nitrogens with zero attached hydrogens (tertiary/aromatic N) is 1. The molecule has 2 aromatic rings. The first-order valence-electron chi connectivity index (χ1n) is 5.40. The van der Waals surface area contributed by atoms with Gasteiger partial charge in [0.1, 0.15) is 17.3 Å². The zero-order valence-corrected chi connectivity index (χ0v) is 10.5. The highest BCUT2D eigenvalue weighted by atomic mass is 35.5. The van der Waals surface area contributed by atoms with Crippen LogP contribution in [-0.4, -0.2) is 10.1 Å². The van der Waals surface area contributed by atoms with Gasteiger partial charge in [0.15, 0.2) is 0 Å². The lowest BCUT2D eigenvalue weighted by atomic mass is 10.2. The van der Waals surface area contributed by atoms with Gasteiger partial charge in [-0.25, -0.2) is 4.39 Å². The number of rotatable bonds is 3. The molecule has 0 spiro atoms. The van der Waals surface area contributed by atoms with Crippen molar-refractivity contribution >= 4 is 17.3 Å². The fourth-order valence-corrected chi connectivity index (χ4v) is 1.64. The molecule has 3 nitrogen and oxygen atoms in total. The van der Waals surface area contributed by atoms with Crippen molar-refractivity contribution < 1.29 is 9.50 Å². The number of aryl methyl sites for hydroxylation is 1. The fraction of sp³-hybridized carbons (Fsp3) is 0.154. The molecule has 5 heteroatoms. The number of anilines is 1. The van der Waals surface area contributed by atoms with E-state index in [-0.39, 0.29) is 10.8 Å². The molecule has 1 aromatic carbocycles.